The van der Waals surface area contributed by atoms with Crippen LogP contribution in [0, 0.1) is 0 Å². The molecule has 0 unspecified atom stereocenters. The molecule has 3 aromatic carbocycles. The van der Waals surface area contributed by atoms with Gasteiger partial charge in [0.1, 0.15) is 0 Å². The third-order valence-electron chi connectivity index (χ3n) is 6.94. The first-order chi connectivity index (χ1) is 15.2. The third kappa shape index (κ3) is 5.15. The van der Waals surface area contributed by atoms with Crippen LogP contribution < -0.4 is 4.90 Å². The van der Waals surface area contributed by atoms with Crippen LogP contribution in [0.25, 0.3) is 6.08 Å². The molecule has 3 rings (SSSR count). The van der Waals surface area contributed by atoms with Crippen LogP contribution in [0.4, 0.5) is 17.1 Å². The number of anilines is 3. The zero-order valence-electron chi connectivity index (χ0n) is 20.8. The van der Waals surface area contributed by atoms with Gasteiger partial charge in [-0.25, -0.2) is 0 Å². The van der Waals surface area contributed by atoms with Crippen LogP contribution in [0.2, 0.25) is 0 Å². The van der Waals surface area contributed by atoms with E-state index in [0.29, 0.717) is 0 Å². The molecule has 0 saturated heterocycles. The lowest BCUT2D eigenvalue weighted by atomic mass is 9.80. The molecule has 32 heavy (non-hydrogen) atoms. The highest BCUT2D eigenvalue weighted by atomic mass is 15.1. The summed E-state index contributed by atoms with van der Waals surface area (Å²) in [6, 6.07) is 26.7. The van der Waals surface area contributed by atoms with Gasteiger partial charge in [-0.2, -0.15) is 0 Å². The first kappa shape index (κ1) is 23.9. The number of benzene rings is 3. The summed E-state index contributed by atoms with van der Waals surface area (Å²) in [6.45, 7) is 17.8. The Labute approximate surface area is 195 Å². The zero-order valence-corrected chi connectivity index (χ0v) is 20.8. The molecule has 0 radical (unpaired) electrons. The first-order valence-corrected chi connectivity index (χ1v) is 12.0. The van der Waals surface area contributed by atoms with Crippen LogP contribution in [0.15, 0.2) is 79.4 Å². The predicted octanol–water partition coefficient (Wildman–Crippen LogP) is 9.56. The second-order valence-electron chi connectivity index (χ2n) is 10.1. The summed E-state index contributed by atoms with van der Waals surface area (Å²) in [5.41, 5.74) is 7.74. The quantitative estimate of drug-likeness (QED) is 0.330. The Kier molecular flexibility index (Phi) is 7.29. The second-order valence-corrected chi connectivity index (χ2v) is 10.1. The van der Waals surface area contributed by atoms with E-state index in [0.717, 1.165) is 17.7 Å². The highest BCUT2D eigenvalue weighted by Gasteiger charge is 2.21. The molecule has 0 bridgehead atoms. The molecule has 0 aliphatic heterocycles. The Bertz CT molecular complexity index is 1020. The lowest BCUT2D eigenvalue weighted by Crippen LogP contribution is -2.17. The van der Waals surface area contributed by atoms with E-state index in [9.17, 15) is 0 Å². The average molecular weight is 426 g/mol. The third-order valence-corrected chi connectivity index (χ3v) is 6.94. The molecule has 0 aromatic heterocycles. The van der Waals surface area contributed by atoms with Crippen molar-refractivity contribution in [1.82, 2.24) is 0 Å². The van der Waals surface area contributed by atoms with Gasteiger partial charge < -0.3 is 4.90 Å². The molecular formula is C31H39N. The van der Waals surface area contributed by atoms with Gasteiger partial charge in [0.25, 0.3) is 0 Å². The van der Waals surface area contributed by atoms with Gasteiger partial charge in [-0.1, -0.05) is 97.0 Å². The van der Waals surface area contributed by atoms with E-state index in [2.05, 4.69) is 126 Å². The summed E-state index contributed by atoms with van der Waals surface area (Å²) < 4.78 is 0. The van der Waals surface area contributed by atoms with E-state index in [1.165, 1.54) is 35.3 Å². The van der Waals surface area contributed by atoms with Gasteiger partial charge in [0.15, 0.2) is 0 Å². The van der Waals surface area contributed by atoms with E-state index in [-0.39, 0.29) is 10.8 Å². The van der Waals surface area contributed by atoms with E-state index >= 15 is 0 Å². The van der Waals surface area contributed by atoms with Crippen molar-refractivity contribution in [1.29, 1.82) is 0 Å². The highest BCUT2D eigenvalue weighted by molar-refractivity contribution is 5.78. The highest BCUT2D eigenvalue weighted by Crippen LogP contribution is 2.38. The van der Waals surface area contributed by atoms with Gasteiger partial charge in [0.05, 0.1) is 0 Å². The van der Waals surface area contributed by atoms with Crippen molar-refractivity contribution < 1.29 is 0 Å². The molecule has 1 nitrogen and oxygen atoms in total. The maximum Gasteiger partial charge on any atom is 0.0467 e. The second kappa shape index (κ2) is 9.77. The van der Waals surface area contributed by atoms with Gasteiger partial charge >= 0.3 is 0 Å². The fourth-order valence-electron chi connectivity index (χ4n) is 4.33. The van der Waals surface area contributed by atoms with Gasteiger partial charge in [0.2, 0.25) is 0 Å². The predicted molar refractivity (Wildman–Crippen MR) is 142 cm³/mol. The van der Waals surface area contributed by atoms with E-state index in [1.54, 1.807) is 0 Å². The Hall–Kier alpha value is -2.80. The Morgan fingerprint density at radius 1 is 0.719 bits per heavy atom. The van der Waals surface area contributed by atoms with Crippen molar-refractivity contribution in [3.8, 4) is 0 Å². The van der Waals surface area contributed by atoms with Crippen LogP contribution in [0.3, 0.4) is 0 Å². The van der Waals surface area contributed by atoms with Crippen molar-refractivity contribution in [3.05, 3.63) is 96.1 Å². The molecule has 0 fully saturated rings. The SMILES string of the molecule is C=Cc1cccc(N(c2ccc(C(C)(C)CC)cc2)c2ccc(C(C)(C)CCC)cc2)c1. The number of hydrogen-bond donors (Lipinski definition) is 0. The van der Waals surface area contributed by atoms with Crippen LogP contribution >= 0.6 is 0 Å². The topological polar surface area (TPSA) is 3.24 Å². The van der Waals surface area contributed by atoms with Crippen molar-refractivity contribution >= 4 is 23.1 Å². The molecule has 0 aliphatic rings. The minimum atomic E-state index is 0.179. The average Bonchev–Trinajstić information content (AvgIpc) is 2.80. The van der Waals surface area contributed by atoms with E-state index in [4.69, 9.17) is 0 Å². The molecule has 3 aromatic rings. The van der Waals surface area contributed by atoms with E-state index < -0.39 is 0 Å². The summed E-state index contributed by atoms with van der Waals surface area (Å²) in [5.74, 6) is 0. The standard InChI is InChI=1S/C31H39N/c1-8-22-31(6,7)26-16-20-28(21-17-26)32(29-13-11-12-24(9-2)23-29)27-18-14-25(15-19-27)30(4,5)10-3/h9,11-21,23H,2,8,10,22H2,1,3-7H3. The fourth-order valence-corrected chi connectivity index (χ4v) is 4.33. The molecule has 1 heteroatoms. The molecule has 0 saturated carbocycles. The fraction of sp³-hybridized carbons (Fsp3) is 0.355. The van der Waals surface area contributed by atoms with Gasteiger partial charge in [-0.3, -0.25) is 0 Å². The van der Waals surface area contributed by atoms with Crippen molar-refractivity contribution in [2.45, 2.75) is 71.6 Å². The summed E-state index contributed by atoms with van der Waals surface area (Å²) in [4.78, 5) is 2.34. The van der Waals surface area contributed by atoms with Crippen molar-refractivity contribution in [2.75, 3.05) is 4.90 Å². The molecule has 0 spiro atoms. The molecule has 0 aliphatic carbocycles. The zero-order chi connectivity index (χ0) is 23.4. The number of rotatable bonds is 9. The lowest BCUT2D eigenvalue weighted by molar-refractivity contribution is 0.473. The maximum atomic E-state index is 3.96. The Balaban J connectivity index is 2.07. The summed E-state index contributed by atoms with van der Waals surface area (Å²) in [6.07, 6.45) is 5.40. The van der Waals surface area contributed by atoms with Crippen molar-refractivity contribution in [3.63, 3.8) is 0 Å². The Morgan fingerprint density at radius 2 is 1.25 bits per heavy atom. The van der Waals surface area contributed by atoms with Crippen molar-refractivity contribution in [2.24, 2.45) is 0 Å². The molecule has 0 heterocycles. The largest absolute Gasteiger partial charge is 0.310 e. The van der Waals surface area contributed by atoms with E-state index in [1.807, 2.05) is 6.08 Å². The molecule has 168 valence electrons. The van der Waals surface area contributed by atoms with Crippen LogP contribution in [0.5, 0.6) is 0 Å². The van der Waals surface area contributed by atoms with Crippen LogP contribution in [0.1, 0.15) is 77.5 Å². The van der Waals surface area contributed by atoms with Gasteiger partial charge in [-0.05, 0) is 76.8 Å². The summed E-state index contributed by atoms with van der Waals surface area (Å²) >= 11 is 0. The lowest BCUT2D eigenvalue weighted by Gasteiger charge is -2.29. The first-order valence-electron chi connectivity index (χ1n) is 12.0. The minimum Gasteiger partial charge on any atom is -0.310 e. The molecule has 0 N–H and O–H groups in total. The Morgan fingerprint density at radius 3 is 1.72 bits per heavy atom. The van der Waals surface area contributed by atoms with Gasteiger partial charge in [-0.15, -0.1) is 0 Å². The molecule has 0 amide bonds. The summed E-state index contributed by atoms with van der Waals surface area (Å²) in [7, 11) is 0. The minimum absolute atomic E-state index is 0.179. The normalized spacial score (nSPS) is 11.9. The smallest absolute Gasteiger partial charge is 0.0467 e. The maximum absolute atomic E-state index is 3.96. The summed E-state index contributed by atoms with van der Waals surface area (Å²) in [5, 5.41) is 0. The number of nitrogens with zero attached hydrogens (tertiary/aromatic N) is 1. The molecular weight excluding hydrogens is 386 g/mol. The molecule has 0 atom stereocenters. The van der Waals surface area contributed by atoms with Crippen LogP contribution in [-0.2, 0) is 10.8 Å². The van der Waals surface area contributed by atoms with Gasteiger partial charge in [0, 0.05) is 17.1 Å². The monoisotopic (exact) mass is 425 g/mol. The van der Waals surface area contributed by atoms with Crippen LogP contribution in [-0.4, -0.2) is 0 Å². The number of hydrogen-bond acceptors (Lipinski definition) is 1.